The van der Waals surface area contributed by atoms with Gasteiger partial charge in [0.1, 0.15) is 0 Å². The lowest BCUT2D eigenvalue weighted by molar-refractivity contribution is 0.0761. The number of hydrogen-bond acceptors (Lipinski definition) is 4. The molecule has 0 atom stereocenters. The van der Waals surface area contributed by atoms with Crippen LogP contribution in [0.5, 0.6) is 0 Å². The number of amides is 1. The summed E-state index contributed by atoms with van der Waals surface area (Å²) in [6.45, 7) is 7.52. The van der Waals surface area contributed by atoms with Crippen LogP contribution < -0.4 is 0 Å². The zero-order valence-corrected chi connectivity index (χ0v) is 13.8. The quantitative estimate of drug-likeness (QED) is 0.869. The van der Waals surface area contributed by atoms with Crippen LogP contribution in [0.3, 0.4) is 0 Å². The molecule has 0 saturated carbocycles. The predicted molar refractivity (Wildman–Crippen MR) is 88.0 cm³/mol. The van der Waals surface area contributed by atoms with E-state index in [1.807, 2.05) is 32.6 Å². The second kappa shape index (κ2) is 7.07. The third kappa shape index (κ3) is 3.56. The molecule has 2 aromatic rings. The van der Waals surface area contributed by atoms with E-state index in [1.165, 1.54) is 5.56 Å². The van der Waals surface area contributed by atoms with Gasteiger partial charge in [-0.1, -0.05) is 0 Å². The topological polar surface area (TPSA) is 41.4 Å². The van der Waals surface area contributed by atoms with Crippen molar-refractivity contribution in [1.82, 2.24) is 19.6 Å². The number of aromatic nitrogens is 2. The molecule has 2 aromatic heterocycles. The van der Waals surface area contributed by atoms with Gasteiger partial charge in [0.25, 0.3) is 5.91 Å². The van der Waals surface area contributed by atoms with Gasteiger partial charge in [-0.2, -0.15) is 16.4 Å². The van der Waals surface area contributed by atoms with E-state index in [0.717, 1.165) is 51.3 Å². The van der Waals surface area contributed by atoms with E-state index in [0.29, 0.717) is 0 Å². The van der Waals surface area contributed by atoms with Gasteiger partial charge in [-0.3, -0.25) is 14.4 Å². The smallest absolute Gasteiger partial charge is 0.254 e. The van der Waals surface area contributed by atoms with E-state index in [4.69, 9.17) is 0 Å². The van der Waals surface area contributed by atoms with Crippen molar-refractivity contribution in [1.29, 1.82) is 0 Å². The fraction of sp³-hybridized carbons (Fsp3) is 0.500. The SMILES string of the molecule is CCn1cc(CN2CCCN(C(=O)c3ccsc3)CC2)cn1. The summed E-state index contributed by atoms with van der Waals surface area (Å²) in [7, 11) is 0. The van der Waals surface area contributed by atoms with E-state index in [1.54, 1.807) is 11.3 Å². The zero-order valence-electron chi connectivity index (χ0n) is 12.9. The van der Waals surface area contributed by atoms with Gasteiger partial charge < -0.3 is 4.90 Å². The van der Waals surface area contributed by atoms with Crippen molar-refractivity contribution in [2.75, 3.05) is 26.2 Å². The summed E-state index contributed by atoms with van der Waals surface area (Å²) in [5.74, 6) is 0.168. The lowest BCUT2D eigenvalue weighted by Gasteiger charge is -2.21. The van der Waals surface area contributed by atoms with Gasteiger partial charge >= 0.3 is 0 Å². The first-order valence-corrected chi connectivity index (χ1v) is 8.75. The second-order valence-corrected chi connectivity index (χ2v) is 6.42. The Labute approximate surface area is 135 Å². The highest BCUT2D eigenvalue weighted by molar-refractivity contribution is 7.08. The van der Waals surface area contributed by atoms with Gasteiger partial charge in [0.05, 0.1) is 11.8 Å². The average Bonchev–Trinajstić information content (AvgIpc) is 3.16. The molecule has 22 heavy (non-hydrogen) atoms. The fourth-order valence-corrected chi connectivity index (χ4v) is 3.45. The van der Waals surface area contributed by atoms with Crippen molar-refractivity contribution in [2.45, 2.75) is 26.4 Å². The first-order valence-electron chi connectivity index (χ1n) is 7.81. The number of carbonyl (C=O) groups excluding carboxylic acids is 1. The van der Waals surface area contributed by atoms with Crippen LogP contribution in [0.15, 0.2) is 29.2 Å². The van der Waals surface area contributed by atoms with Crippen LogP contribution in [0.1, 0.15) is 29.3 Å². The molecule has 0 radical (unpaired) electrons. The van der Waals surface area contributed by atoms with Gasteiger partial charge in [-0.05, 0) is 24.8 Å². The second-order valence-electron chi connectivity index (χ2n) is 5.64. The number of thiophene rings is 1. The van der Waals surface area contributed by atoms with Crippen LogP contribution in [0, 0.1) is 0 Å². The highest BCUT2D eigenvalue weighted by Crippen LogP contribution is 2.13. The van der Waals surface area contributed by atoms with E-state index in [2.05, 4.69) is 23.1 Å². The van der Waals surface area contributed by atoms with Crippen LogP contribution >= 0.6 is 11.3 Å². The minimum atomic E-state index is 0.168. The molecule has 0 unspecified atom stereocenters. The van der Waals surface area contributed by atoms with Crippen LogP contribution in [0.2, 0.25) is 0 Å². The molecule has 0 aliphatic carbocycles. The molecular formula is C16H22N4OS. The van der Waals surface area contributed by atoms with Gasteiger partial charge in [-0.15, -0.1) is 0 Å². The Hall–Kier alpha value is -1.66. The molecule has 1 saturated heterocycles. The number of nitrogens with zero attached hydrogens (tertiary/aromatic N) is 4. The summed E-state index contributed by atoms with van der Waals surface area (Å²) in [5.41, 5.74) is 2.07. The maximum atomic E-state index is 12.4. The molecule has 1 amide bonds. The Kier molecular flexibility index (Phi) is 4.90. The summed E-state index contributed by atoms with van der Waals surface area (Å²) < 4.78 is 1.96. The van der Waals surface area contributed by atoms with E-state index >= 15 is 0 Å². The van der Waals surface area contributed by atoms with Crippen molar-refractivity contribution in [3.05, 3.63) is 40.3 Å². The van der Waals surface area contributed by atoms with Gasteiger partial charge in [0, 0.05) is 56.4 Å². The zero-order chi connectivity index (χ0) is 15.4. The Morgan fingerprint density at radius 3 is 2.95 bits per heavy atom. The minimum Gasteiger partial charge on any atom is -0.337 e. The van der Waals surface area contributed by atoms with Crippen LogP contribution in [0.4, 0.5) is 0 Å². The fourth-order valence-electron chi connectivity index (χ4n) is 2.82. The Morgan fingerprint density at radius 1 is 1.32 bits per heavy atom. The van der Waals surface area contributed by atoms with Crippen molar-refractivity contribution < 1.29 is 4.79 Å². The molecule has 3 rings (SSSR count). The van der Waals surface area contributed by atoms with Crippen molar-refractivity contribution in [3.63, 3.8) is 0 Å². The highest BCUT2D eigenvalue weighted by Gasteiger charge is 2.20. The standard InChI is InChI=1S/C16H22N4OS/c1-2-20-12-14(10-17-20)11-18-5-3-6-19(8-7-18)16(21)15-4-9-22-13-15/h4,9-10,12-13H,2-3,5-8,11H2,1H3. The molecule has 118 valence electrons. The van der Waals surface area contributed by atoms with E-state index in [-0.39, 0.29) is 5.91 Å². The maximum absolute atomic E-state index is 12.4. The van der Waals surface area contributed by atoms with E-state index in [9.17, 15) is 4.79 Å². The van der Waals surface area contributed by atoms with E-state index < -0.39 is 0 Å². The average molecular weight is 318 g/mol. The number of rotatable bonds is 4. The molecule has 6 heteroatoms. The summed E-state index contributed by atoms with van der Waals surface area (Å²) in [6, 6.07) is 1.91. The molecule has 1 aliphatic heterocycles. The third-order valence-electron chi connectivity index (χ3n) is 4.06. The molecule has 5 nitrogen and oxygen atoms in total. The monoisotopic (exact) mass is 318 g/mol. The van der Waals surface area contributed by atoms with Gasteiger partial charge in [0.2, 0.25) is 0 Å². The maximum Gasteiger partial charge on any atom is 0.254 e. The van der Waals surface area contributed by atoms with Crippen LogP contribution in [-0.4, -0.2) is 51.7 Å². The molecule has 0 bridgehead atoms. The molecule has 3 heterocycles. The molecule has 0 aromatic carbocycles. The third-order valence-corrected chi connectivity index (χ3v) is 4.74. The normalized spacial score (nSPS) is 16.7. The summed E-state index contributed by atoms with van der Waals surface area (Å²) in [6.07, 6.45) is 5.08. The largest absolute Gasteiger partial charge is 0.337 e. The molecule has 1 aliphatic rings. The number of hydrogen-bond donors (Lipinski definition) is 0. The Balaban J connectivity index is 1.56. The lowest BCUT2D eigenvalue weighted by atomic mass is 10.3. The summed E-state index contributed by atoms with van der Waals surface area (Å²) in [4.78, 5) is 16.8. The number of aryl methyl sites for hydroxylation is 1. The Bertz CT molecular complexity index is 607. The van der Waals surface area contributed by atoms with Crippen molar-refractivity contribution in [2.24, 2.45) is 0 Å². The highest BCUT2D eigenvalue weighted by atomic mass is 32.1. The molecule has 0 N–H and O–H groups in total. The summed E-state index contributed by atoms with van der Waals surface area (Å²) >= 11 is 1.58. The lowest BCUT2D eigenvalue weighted by Crippen LogP contribution is -2.34. The van der Waals surface area contributed by atoms with Gasteiger partial charge in [0.15, 0.2) is 0 Å². The first kappa shape index (κ1) is 15.2. The minimum absolute atomic E-state index is 0.168. The molecular weight excluding hydrogens is 296 g/mol. The Morgan fingerprint density at radius 2 is 2.23 bits per heavy atom. The van der Waals surface area contributed by atoms with Gasteiger partial charge in [-0.25, -0.2) is 0 Å². The van der Waals surface area contributed by atoms with Crippen LogP contribution in [-0.2, 0) is 13.1 Å². The van der Waals surface area contributed by atoms with Crippen LogP contribution in [0.25, 0.3) is 0 Å². The first-order chi connectivity index (χ1) is 10.8. The van der Waals surface area contributed by atoms with Crippen molar-refractivity contribution in [3.8, 4) is 0 Å². The van der Waals surface area contributed by atoms with Crippen molar-refractivity contribution >= 4 is 17.2 Å². The summed E-state index contributed by atoms with van der Waals surface area (Å²) in [5, 5.41) is 8.22. The number of carbonyl (C=O) groups is 1. The molecule has 1 fully saturated rings. The molecule has 0 spiro atoms. The predicted octanol–water partition coefficient (Wildman–Crippen LogP) is 2.31.